The molecule has 6 nitrogen and oxygen atoms in total. The van der Waals surface area contributed by atoms with E-state index < -0.39 is 27.8 Å². The quantitative estimate of drug-likeness (QED) is 0.723. The van der Waals surface area contributed by atoms with Gasteiger partial charge < -0.3 is 14.6 Å². The number of benzene rings is 2. The first-order valence-electron chi connectivity index (χ1n) is 8.24. The van der Waals surface area contributed by atoms with Crippen LogP contribution in [0.15, 0.2) is 58.5 Å². The monoisotopic (exact) mass is 442 g/mol. The lowest BCUT2D eigenvalue weighted by molar-refractivity contribution is -0.167. The smallest absolute Gasteiger partial charge is 0.343 e. The van der Waals surface area contributed by atoms with E-state index in [2.05, 4.69) is 0 Å². The van der Waals surface area contributed by atoms with Crippen molar-refractivity contribution >= 4 is 39.0 Å². The number of ether oxygens (including phenoxy) is 2. The molecule has 0 bridgehead atoms. The Labute approximate surface area is 172 Å². The average molecular weight is 443 g/mol. The maximum absolute atomic E-state index is 12.7. The van der Waals surface area contributed by atoms with Crippen molar-refractivity contribution in [2.45, 2.75) is 23.8 Å². The van der Waals surface area contributed by atoms with Crippen LogP contribution in [0, 0.1) is 0 Å². The topological polar surface area (TPSA) is 89.9 Å². The van der Waals surface area contributed by atoms with Crippen LogP contribution in [0.3, 0.4) is 0 Å². The minimum atomic E-state index is -3.92. The summed E-state index contributed by atoms with van der Waals surface area (Å²) in [7, 11) is -3.92. The molecule has 0 aliphatic carbocycles. The van der Waals surface area contributed by atoms with Gasteiger partial charge >= 0.3 is 5.97 Å². The number of rotatable bonds is 4. The predicted molar refractivity (Wildman–Crippen MR) is 104 cm³/mol. The fourth-order valence-corrected chi connectivity index (χ4v) is 4.23. The van der Waals surface area contributed by atoms with Crippen molar-refractivity contribution in [2.75, 3.05) is 6.61 Å². The summed E-state index contributed by atoms with van der Waals surface area (Å²) in [4.78, 5) is 12.4. The van der Waals surface area contributed by atoms with Crippen LogP contribution in [-0.2, 0) is 25.0 Å². The summed E-state index contributed by atoms with van der Waals surface area (Å²) < 4.78 is 35.9. The fraction of sp³-hybridized carbons (Fsp3) is 0.211. The van der Waals surface area contributed by atoms with E-state index >= 15 is 0 Å². The Balaban J connectivity index is 2.07. The lowest BCUT2D eigenvalue weighted by Gasteiger charge is -2.33. The zero-order chi connectivity index (χ0) is 20.5. The second-order valence-electron chi connectivity index (χ2n) is 6.08. The standard InChI is InChI=1S/C19H16Cl2O6S/c1-2-26-18(22)19(23)10-14(27-17-9-13(21)5-8-16(17)19)11-28(24,25)15-6-3-12(20)4-7-15/h3-9,11,23H,2,10H2,1H3/b14-11-. The molecule has 3 rings (SSSR count). The molecule has 9 heteroatoms. The highest BCUT2D eigenvalue weighted by Gasteiger charge is 2.46. The molecule has 28 heavy (non-hydrogen) atoms. The molecule has 148 valence electrons. The van der Waals surface area contributed by atoms with E-state index in [9.17, 15) is 18.3 Å². The number of sulfone groups is 1. The summed E-state index contributed by atoms with van der Waals surface area (Å²) in [6.45, 7) is 1.65. The third kappa shape index (κ3) is 4.03. The van der Waals surface area contributed by atoms with Crippen LogP contribution >= 0.6 is 23.2 Å². The molecule has 2 aromatic carbocycles. The number of carbonyl (C=O) groups excluding carboxylic acids is 1. The normalized spacial score (nSPS) is 20.4. The van der Waals surface area contributed by atoms with Crippen molar-refractivity contribution in [3.8, 4) is 5.75 Å². The van der Waals surface area contributed by atoms with Gasteiger partial charge in [-0.1, -0.05) is 29.3 Å². The number of fused-ring (bicyclic) bond motifs is 1. The number of halogens is 2. The van der Waals surface area contributed by atoms with E-state index in [0.717, 1.165) is 5.41 Å². The van der Waals surface area contributed by atoms with Crippen molar-refractivity contribution in [1.29, 1.82) is 0 Å². The minimum absolute atomic E-state index is 0.00966. The molecule has 0 aromatic heterocycles. The van der Waals surface area contributed by atoms with Gasteiger partial charge in [0.15, 0.2) is 5.60 Å². The minimum Gasteiger partial charge on any atom is -0.464 e. The van der Waals surface area contributed by atoms with E-state index in [-0.39, 0.29) is 28.6 Å². The van der Waals surface area contributed by atoms with Gasteiger partial charge in [0.05, 0.1) is 23.3 Å². The van der Waals surface area contributed by atoms with Crippen LogP contribution in [0.1, 0.15) is 18.9 Å². The van der Waals surface area contributed by atoms with Crippen LogP contribution in [0.25, 0.3) is 0 Å². The third-order valence-corrected chi connectivity index (χ3v) is 6.09. The molecule has 2 aromatic rings. The SMILES string of the molecule is CCOC(=O)C1(O)C/C(=C/S(=O)(=O)c2ccc(Cl)cc2)Oc2cc(Cl)ccc21. The Hall–Kier alpha value is -2.06. The molecule has 0 fully saturated rings. The molecule has 0 saturated heterocycles. The molecular formula is C19H16Cl2O6S. The lowest BCUT2D eigenvalue weighted by atomic mass is 9.87. The molecule has 0 saturated carbocycles. The van der Waals surface area contributed by atoms with Crippen molar-refractivity contribution in [2.24, 2.45) is 0 Å². The highest BCUT2D eigenvalue weighted by molar-refractivity contribution is 7.94. The zero-order valence-corrected chi connectivity index (χ0v) is 17.0. The molecule has 0 amide bonds. The Morgan fingerprint density at radius 1 is 1.21 bits per heavy atom. The molecule has 1 aliphatic heterocycles. The van der Waals surface area contributed by atoms with Gasteiger partial charge in [-0.3, -0.25) is 0 Å². The number of hydrogen-bond donors (Lipinski definition) is 1. The Bertz CT molecular complexity index is 1050. The molecule has 1 unspecified atom stereocenters. The van der Waals surface area contributed by atoms with Gasteiger partial charge in [0.2, 0.25) is 9.84 Å². The van der Waals surface area contributed by atoms with Gasteiger partial charge in [0, 0.05) is 15.6 Å². The molecule has 0 spiro atoms. The van der Waals surface area contributed by atoms with E-state index in [1.54, 1.807) is 6.92 Å². The second kappa shape index (κ2) is 7.75. The summed E-state index contributed by atoms with van der Waals surface area (Å²) in [5.74, 6) is -0.955. The van der Waals surface area contributed by atoms with Crippen LogP contribution in [-0.4, -0.2) is 26.1 Å². The van der Waals surface area contributed by atoms with Crippen molar-refractivity contribution < 1.29 is 27.8 Å². The molecule has 0 radical (unpaired) electrons. The van der Waals surface area contributed by atoms with E-state index in [1.165, 1.54) is 42.5 Å². The summed E-state index contributed by atoms with van der Waals surface area (Å²) in [5, 5.41) is 12.6. The summed E-state index contributed by atoms with van der Waals surface area (Å²) in [6.07, 6.45) is -0.409. The lowest BCUT2D eigenvalue weighted by Crippen LogP contribution is -2.41. The second-order valence-corrected chi connectivity index (χ2v) is 8.75. The highest BCUT2D eigenvalue weighted by atomic mass is 35.5. The van der Waals surface area contributed by atoms with Gasteiger partial charge in [-0.15, -0.1) is 0 Å². The van der Waals surface area contributed by atoms with Gasteiger partial charge in [-0.2, -0.15) is 0 Å². The van der Waals surface area contributed by atoms with Gasteiger partial charge in [0.25, 0.3) is 0 Å². The first-order chi connectivity index (χ1) is 13.2. The zero-order valence-electron chi connectivity index (χ0n) is 14.7. The summed E-state index contributed by atoms with van der Waals surface area (Å²) >= 11 is 11.8. The number of esters is 1. The largest absolute Gasteiger partial charge is 0.464 e. The molecule has 1 N–H and O–H groups in total. The van der Waals surface area contributed by atoms with Gasteiger partial charge in [0.1, 0.15) is 11.5 Å². The molecular weight excluding hydrogens is 427 g/mol. The van der Waals surface area contributed by atoms with E-state index in [1.807, 2.05) is 0 Å². The first-order valence-corrected chi connectivity index (χ1v) is 10.5. The fourth-order valence-electron chi connectivity index (χ4n) is 2.81. The van der Waals surface area contributed by atoms with E-state index in [0.29, 0.717) is 10.0 Å². The molecule has 1 heterocycles. The number of aliphatic hydroxyl groups is 1. The Morgan fingerprint density at radius 3 is 2.50 bits per heavy atom. The van der Waals surface area contributed by atoms with Crippen LogP contribution in [0.2, 0.25) is 10.0 Å². The van der Waals surface area contributed by atoms with Crippen LogP contribution in [0.5, 0.6) is 5.75 Å². The maximum atomic E-state index is 12.7. The van der Waals surface area contributed by atoms with Gasteiger partial charge in [-0.25, -0.2) is 13.2 Å². The molecule has 1 atom stereocenters. The Morgan fingerprint density at radius 2 is 1.86 bits per heavy atom. The van der Waals surface area contributed by atoms with Crippen molar-refractivity contribution in [1.82, 2.24) is 0 Å². The van der Waals surface area contributed by atoms with Crippen LogP contribution in [0.4, 0.5) is 0 Å². The Kier molecular flexibility index (Phi) is 5.72. The maximum Gasteiger partial charge on any atom is 0.343 e. The molecule has 1 aliphatic rings. The van der Waals surface area contributed by atoms with Crippen LogP contribution < -0.4 is 4.74 Å². The third-order valence-electron chi connectivity index (χ3n) is 4.10. The number of hydrogen-bond acceptors (Lipinski definition) is 6. The predicted octanol–water partition coefficient (Wildman–Crippen LogP) is 3.84. The van der Waals surface area contributed by atoms with Crippen molar-refractivity contribution in [3.05, 3.63) is 69.2 Å². The van der Waals surface area contributed by atoms with Crippen molar-refractivity contribution in [3.63, 3.8) is 0 Å². The average Bonchev–Trinajstić information content (AvgIpc) is 2.61. The van der Waals surface area contributed by atoms with Gasteiger partial charge in [-0.05, 0) is 43.3 Å². The number of carbonyl (C=O) groups is 1. The highest BCUT2D eigenvalue weighted by Crippen LogP contribution is 2.43. The first kappa shape index (κ1) is 20.7. The van der Waals surface area contributed by atoms with E-state index in [4.69, 9.17) is 32.7 Å². The summed E-state index contributed by atoms with van der Waals surface area (Å²) in [6, 6.07) is 9.91. The summed E-state index contributed by atoms with van der Waals surface area (Å²) in [5.41, 5.74) is -1.95.